The number of rotatable bonds is 8. The van der Waals surface area contributed by atoms with Crippen molar-refractivity contribution in [1.82, 2.24) is 5.32 Å². The molecule has 1 atom stereocenters. The minimum Gasteiger partial charge on any atom is -0.550 e. The van der Waals surface area contributed by atoms with Gasteiger partial charge in [0.05, 0.1) is 12.6 Å². The van der Waals surface area contributed by atoms with Crippen LogP contribution in [0.5, 0.6) is 5.75 Å². The van der Waals surface area contributed by atoms with Gasteiger partial charge in [-0.25, -0.2) is 0 Å². The lowest BCUT2D eigenvalue weighted by Crippen LogP contribution is -2.34. The number of carboxylic acids is 1. The Hall–Kier alpha value is -2.82. The molecule has 0 aromatic heterocycles. The summed E-state index contributed by atoms with van der Waals surface area (Å²) in [5.41, 5.74) is 2.14. The quantitative estimate of drug-likeness (QED) is 0.800. The molecule has 0 heterocycles. The Labute approximate surface area is 147 Å². The summed E-state index contributed by atoms with van der Waals surface area (Å²) in [7, 11) is 0. The average molecular weight is 340 g/mol. The molecule has 0 bridgehead atoms. The van der Waals surface area contributed by atoms with Crippen LogP contribution in [0.1, 0.15) is 47.3 Å². The molecule has 5 heteroatoms. The lowest BCUT2D eigenvalue weighted by molar-refractivity contribution is -0.306. The van der Waals surface area contributed by atoms with E-state index in [4.69, 9.17) is 4.74 Å². The van der Waals surface area contributed by atoms with Gasteiger partial charge in [-0.05, 0) is 43.2 Å². The number of nitrogens with one attached hydrogen (secondary N) is 1. The van der Waals surface area contributed by atoms with Crippen molar-refractivity contribution in [1.29, 1.82) is 0 Å². The Morgan fingerprint density at radius 2 is 1.88 bits per heavy atom. The number of amides is 1. The van der Waals surface area contributed by atoms with Gasteiger partial charge >= 0.3 is 0 Å². The largest absolute Gasteiger partial charge is 0.550 e. The van der Waals surface area contributed by atoms with E-state index in [1.165, 1.54) is 0 Å². The molecule has 1 N–H and O–H groups in total. The van der Waals surface area contributed by atoms with Crippen molar-refractivity contribution in [2.24, 2.45) is 0 Å². The number of hydrogen-bond acceptors (Lipinski definition) is 4. The molecule has 132 valence electrons. The number of carbonyl (C=O) groups is 2. The van der Waals surface area contributed by atoms with Gasteiger partial charge in [-0.3, -0.25) is 4.79 Å². The zero-order valence-corrected chi connectivity index (χ0v) is 14.5. The van der Waals surface area contributed by atoms with Gasteiger partial charge in [-0.1, -0.05) is 36.8 Å². The van der Waals surface area contributed by atoms with Gasteiger partial charge in [-0.2, -0.15) is 0 Å². The maximum absolute atomic E-state index is 12.4. The number of aryl methyl sites for hydroxylation is 1. The fourth-order valence-corrected chi connectivity index (χ4v) is 2.46. The van der Waals surface area contributed by atoms with E-state index in [2.05, 4.69) is 5.32 Å². The predicted molar refractivity (Wildman–Crippen MR) is 93.2 cm³/mol. The molecule has 0 aliphatic carbocycles. The summed E-state index contributed by atoms with van der Waals surface area (Å²) < 4.78 is 5.52. The van der Waals surface area contributed by atoms with E-state index in [0.717, 1.165) is 12.0 Å². The molecule has 2 aromatic rings. The highest BCUT2D eigenvalue weighted by Gasteiger charge is 2.16. The van der Waals surface area contributed by atoms with E-state index >= 15 is 0 Å². The van der Waals surface area contributed by atoms with Crippen LogP contribution in [0.15, 0.2) is 48.5 Å². The van der Waals surface area contributed by atoms with Crippen LogP contribution in [0, 0.1) is 6.92 Å². The Morgan fingerprint density at radius 1 is 1.16 bits per heavy atom. The summed E-state index contributed by atoms with van der Waals surface area (Å²) in [5, 5.41) is 13.8. The van der Waals surface area contributed by atoms with Crippen LogP contribution in [0.4, 0.5) is 0 Å². The van der Waals surface area contributed by atoms with Crippen molar-refractivity contribution in [3.05, 3.63) is 65.2 Å². The maximum atomic E-state index is 12.4. The first kappa shape index (κ1) is 18.5. The molecule has 2 aromatic carbocycles. The third kappa shape index (κ3) is 5.64. The molecular weight excluding hydrogens is 318 g/mol. The van der Waals surface area contributed by atoms with E-state index in [-0.39, 0.29) is 12.3 Å². The first-order valence-corrected chi connectivity index (χ1v) is 8.29. The molecule has 0 aliphatic heterocycles. The highest BCUT2D eigenvalue weighted by Crippen LogP contribution is 2.21. The normalized spacial score (nSPS) is 11.6. The van der Waals surface area contributed by atoms with Crippen molar-refractivity contribution in [3.8, 4) is 5.75 Å². The van der Waals surface area contributed by atoms with E-state index in [1.54, 1.807) is 42.5 Å². The maximum Gasteiger partial charge on any atom is 0.251 e. The standard InChI is InChI=1S/C20H23NO4/c1-3-11-25-17-9-7-15(8-10-17)18(13-19(22)23)21-20(24)16-6-4-5-14(2)12-16/h4-10,12,18H,3,11,13H2,1-2H3,(H,21,24)(H,22,23)/p-1. The second kappa shape index (κ2) is 8.87. The fraction of sp³-hybridized carbons (Fsp3) is 0.300. The van der Waals surface area contributed by atoms with Gasteiger partial charge in [0.2, 0.25) is 0 Å². The molecule has 2 rings (SSSR count). The van der Waals surface area contributed by atoms with E-state index < -0.39 is 12.0 Å². The molecule has 0 fully saturated rings. The molecule has 1 amide bonds. The van der Waals surface area contributed by atoms with Crippen molar-refractivity contribution < 1.29 is 19.4 Å². The molecule has 1 unspecified atom stereocenters. The first-order chi connectivity index (χ1) is 12.0. The van der Waals surface area contributed by atoms with Gasteiger partial charge < -0.3 is 20.0 Å². The summed E-state index contributed by atoms with van der Waals surface area (Å²) in [5.74, 6) is -0.829. The molecule has 0 saturated carbocycles. The minimum absolute atomic E-state index is 0.299. The van der Waals surface area contributed by atoms with Crippen LogP contribution in [0.25, 0.3) is 0 Å². The van der Waals surface area contributed by atoms with E-state index in [9.17, 15) is 14.7 Å². The number of carbonyl (C=O) groups excluding carboxylic acids is 2. The monoisotopic (exact) mass is 340 g/mol. The molecule has 25 heavy (non-hydrogen) atoms. The summed E-state index contributed by atoms with van der Waals surface area (Å²) in [6.07, 6.45) is 0.605. The molecule has 5 nitrogen and oxygen atoms in total. The number of benzene rings is 2. The number of hydrogen-bond donors (Lipinski definition) is 1. The van der Waals surface area contributed by atoms with E-state index in [1.807, 2.05) is 19.9 Å². The van der Waals surface area contributed by atoms with Gasteiger partial charge in [-0.15, -0.1) is 0 Å². The van der Waals surface area contributed by atoms with Crippen LogP contribution in [-0.4, -0.2) is 18.5 Å². The number of aliphatic carboxylic acids is 1. The highest BCUT2D eigenvalue weighted by atomic mass is 16.5. The van der Waals surface area contributed by atoms with Crippen molar-refractivity contribution in [2.45, 2.75) is 32.7 Å². The second-order valence-corrected chi connectivity index (χ2v) is 5.89. The van der Waals surface area contributed by atoms with Crippen LogP contribution in [0.3, 0.4) is 0 Å². The van der Waals surface area contributed by atoms with Gasteiger partial charge in [0, 0.05) is 18.0 Å². The summed E-state index contributed by atoms with van der Waals surface area (Å²) in [6, 6.07) is 13.5. The van der Waals surface area contributed by atoms with Crippen LogP contribution < -0.4 is 15.2 Å². The topological polar surface area (TPSA) is 78.5 Å². The zero-order chi connectivity index (χ0) is 18.2. The highest BCUT2D eigenvalue weighted by molar-refractivity contribution is 5.94. The Bertz CT molecular complexity index is 725. The molecule has 0 aliphatic rings. The molecule has 0 saturated heterocycles. The van der Waals surface area contributed by atoms with E-state index in [0.29, 0.717) is 23.5 Å². The Kier molecular flexibility index (Phi) is 6.57. The Morgan fingerprint density at radius 3 is 2.48 bits per heavy atom. The smallest absolute Gasteiger partial charge is 0.251 e. The average Bonchev–Trinajstić information content (AvgIpc) is 2.59. The van der Waals surface area contributed by atoms with Crippen LogP contribution in [0.2, 0.25) is 0 Å². The zero-order valence-electron chi connectivity index (χ0n) is 14.5. The second-order valence-electron chi connectivity index (χ2n) is 5.89. The van der Waals surface area contributed by atoms with Gasteiger partial charge in [0.15, 0.2) is 0 Å². The predicted octanol–water partition coefficient (Wildman–Crippen LogP) is 2.39. The van der Waals surface area contributed by atoms with Gasteiger partial charge in [0.1, 0.15) is 5.75 Å². The van der Waals surface area contributed by atoms with Gasteiger partial charge in [0.25, 0.3) is 5.91 Å². The SMILES string of the molecule is CCCOc1ccc(C(CC(=O)[O-])NC(=O)c2cccc(C)c2)cc1. The van der Waals surface area contributed by atoms with Crippen molar-refractivity contribution in [3.63, 3.8) is 0 Å². The Balaban J connectivity index is 2.15. The third-order valence-corrected chi connectivity index (χ3v) is 3.71. The fourth-order valence-electron chi connectivity index (χ4n) is 2.46. The van der Waals surface area contributed by atoms with Crippen LogP contribution in [-0.2, 0) is 4.79 Å². The lowest BCUT2D eigenvalue weighted by atomic mass is 10.0. The summed E-state index contributed by atoms with van der Waals surface area (Å²) >= 11 is 0. The molecule has 0 radical (unpaired) electrons. The third-order valence-electron chi connectivity index (χ3n) is 3.71. The minimum atomic E-state index is -1.22. The molecule has 0 spiro atoms. The first-order valence-electron chi connectivity index (χ1n) is 8.29. The summed E-state index contributed by atoms with van der Waals surface area (Å²) in [4.78, 5) is 23.5. The number of carboxylic acid groups (broad SMARTS) is 1. The van der Waals surface area contributed by atoms with Crippen molar-refractivity contribution in [2.75, 3.05) is 6.61 Å². The summed E-state index contributed by atoms with van der Waals surface area (Å²) in [6.45, 7) is 4.53. The number of ether oxygens (including phenoxy) is 1. The van der Waals surface area contributed by atoms with Crippen molar-refractivity contribution >= 4 is 11.9 Å². The van der Waals surface area contributed by atoms with Crippen LogP contribution >= 0.6 is 0 Å². The molecular formula is C20H22NO4-. The lowest BCUT2D eigenvalue weighted by Gasteiger charge is -2.20.